The van der Waals surface area contributed by atoms with Crippen molar-refractivity contribution in [1.29, 1.82) is 0 Å². The predicted octanol–water partition coefficient (Wildman–Crippen LogP) is 2.36. The molecule has 0 aliphatic rings. The number of benzene rings is 1. The van der Waals surface area contributed by atoms with Crippen molar-refractivity contribution in [1.82, 2.24) is 9.97 Å². The topological polar surface area (TPSA) is 68.9 Å². The lowest BCUT2D eigenvalue weighted by molar-refractivity contribution is -0.385. The van der Waals surface area contributed by atoms with E-state index < -0.39 is 0 Å². The van der Waals surface area contributed by atoms with Gasteiger partial charge in [0.15, 0.2) is 0 Å². The molecule has 16 heavy (non-hydrogen) atoms. The molecule has 0 saturated heterocycles. The Kier molecular flexibility index (Phi) is 2.59. The highest BCUT2D eigenvalue weighted by Crippen LogP contribution is 2.25. The first-order chi connectivity index (χ1) is 7.68. The Hall–Kier alpha value is -2.30. The van der Waals surface area contributed by atoms with E-state index >= 15 is 0 Å². The van der Waals surface area contributed by atoms with Crippen molar-refractivity contribution in [3.05, 3.63) is 52.6 Å². The van der Waals surface area contributed by atoms with Crippen LogP contribution in [0.4, 0.5) is 5.69 Å². The molecule has 0 saturated carbocycles. The van der Waals surface area contributed by atoms with Gasteiger partial charge in [0.25, 0.3) is 5.69 Å². The van der Waals surface area contributed by atoms with Crippen molar-refractivity contribution in [3.8, 4) is 11.1 Å². The van der Waals surface area contributed by atoms with Crippen molar-refractivity contribution >= 4 is 5.69 Å². The minimum absolute atomic E-state index is 0.112. The van der Waals surface area contributed by atoms with Gasteiger partial charge in [-0.25, -0.2) is 9.97 Å². The van der Waals surface area contributed by atoms with E-state index in [1.54, 1.807) is 25.4 Å². The molecule has 0 aliphatic carbocycles. The molecule has 0 bridgehead atoms. The first kappa shape index (κ1) is 10.2. The van der Waals surface area contributed by atoms with Gasteiger partial charge >= 0.3 is 0 Å². The Labute approximate surface area is 91.9 Å². The summed E-state index contributed by atoms with van der Waals surface area (Å²) in [5, 5.41) is 10.8. The third-order valence-electron chi connectivity index (χ3n) is 2.30. The number of aromatic nitrogens is 2. The number of rotatable bonds is 2. The molecule has 0 fully saturated rings. The van der Waals surface area contributed by atoms with Crippen molar-refractivity contribution < 1.29 is 4.92 Å². The van der Waals surface area contributed by atoms with Crippen molar-refractivity contribution in [2.45, 2.75) is 6.92 Å². The van der Waals surface area contributed by atoms with Crippen LogP contribution in [0.15, 0.2) is 36.9 Å². The van der Waals surface area contributed by atoms with Crippen LogP contribution >= 0.6 is 0 Å². The van der Waals surface area contributed by atoms with Crippen LogP contribution in [-0.2, 0) is 0 Å². The van der Waals surface area contributed by atoms with E-state index in [-0.39, 0.29) is 10.6 Å². The molecule has 0 spiro atoms. The summed E-state index contributed by atoms with van der Waals surface area (Å²) in [5.41, 5.74) is 2.27. The van der Waals surface area contributed by atoms with Crippen molar-refractivity contribution in [3.63, 3.8) is 0 Å². The summed E-state index contributed by atoms with van der Waals surface area (Å²) in [5.74, 6) is 0. The summed E-state index contributed by atoms with van der Waals surface area (Å²) < 4.78 is 0. The van der Waals surface area contributed by atoms with Crippen LogP contribution < -0.4 is 0 Å². The molecule has 1 aromatic heterocycles. The van der Waals surface area contributed by atoms with Gasteiger partial charge in [0.05, 0.1) is 4.92 Å². The van der Waals surface area contributed by atoms with Gasteiger partial charge in [-0.1, -0.05) is 12.1 Å². The second kappa shape index (κ2) is 4.06. The highest BCUT2D eigenvalue weighted by Gasteiger charge is 2.11. The lowest BCUT2D eigenvalue weighted by Crippen LogP contribution is -1.92. The molecule has 2 rings (SSSR count). The third kappa shape index (κ3) is 1.88. The SMILES string of the molecule is Cc1ccc(-c2cncnc2)cc1[N+](=O)[O-]. The van der Waals surface area contributed by atoms with E-state index in [9.17, 15) is 10.1 Å². The summed E-state index contributed by atoms with van der Waals surface area (Å²) in [6.45, 7) is 1.71. The zero-order valence-corrected chi connectivity index (χ0v) is 8.62. The quantitative estimate of drug-likeness (QED) is 0.569. The fourth-order valence-electron chi connectivity index (χ4n) is 1.43. The molecule has 0 radical (unpaired) electrons. The van der Waals surface area contributed by atoms with Crippen LogP contribution in [0.1, 0.15) is 5.56 Å². The second-order valence-electron chi connectivity index (χ2n) is 3.39. The highest BCUT2D eigenvalue weighted by atomic mass is 16.6. The van der Waals surface area contributed by atoms with Crippen LogP contribution in [0.2, 0.25) is 0 Å². The molecule has 0 N–H and O–H groups in total. The Morgan fingerprint density at radius 1 is 1.19 bits per heavy atom. The Morgan fingerprint density at radius 3 is 2.50 bits per heavy atom. The Balaban J connectivity index is 2.52. The van der Waals surface area contributed by atoms with Crippen LogP contribution in [-0.4, -0.2) is 14.9 Å². The monoisotopic (exact) mass is 215 g/mol. The first-order valence-electron chi connectivity index (χ1n) is 4.69. The highest BCUT2D eigenvalue weighted by molar-refractivity contribution is 5.65. The molecule has 1 heterocycles. The molecule has 1 aromatic carbocycles. The fraction of sp³-hybridized carbons (Fsp3) is 0.0909. The van der Waals surface area contributed by atoms with Crippen molar-refractivity contribution in [2.75, 3.05) is 0 Å². The molecule has 0 amide bonds. The number of hydrogen-bond acceptors (Lipinski definition) is 4. The zero-order chi connectivity index (χ0) is 11.5. The molecule has 5 heteroatoms. The van der Waals surface area contributed by atoms with E-state index in [1.807, 2.05) is 6.07 Å². The molecule has 5 nitrogen and oxygen atoms in total. The summed E-state index contributed by atoms with van der Waals surface area (Å²) in [7, 11) is 0. The van der Waals surface area contributed by atoms with Gasteiger partial charge in [-0.05, 0) is 12.5 Å². The van der Waals surface area contributed by atoms with E-state index in [1.165, 1.54) is 12.4 Å². The number of nitro groups is 1. The minimum Gasteiger partial charge on any atom is -0.258 e. The third-order valence-corrected chi connectivity index (χ3v) is 2.30. The van der Waals surface area contributed by atoms with Crippen LogP contribution in [0.25, 0.3) is 11.1 Å². The van der Waals surface area contributed by atoms with Crippen LogP contribution in [0.3, 0.4) is 0 Å². The standard InChI is InChI=1S/C11H9N3O2/c1-8-2-3-9(4-11(8)14(15)16)10-5-12-7-13-6-10/h2-7H,1H3. The molecule has 0 unspecified atom stereocenters. The second-order valence-corrected chi connectivity index (χ2v) is 3.39. The van der Waals surface area contributed by atoms with E-state index in [4.69, 9.17) is 0 Å². The minimum atomic E-state index is -0.386. The maximum absolute atomic E-state index is 10.8. The normalized spacial score (nSPS) is 10.1. The molecular weight excluding hydrogens is 206 g/mol. The van der Waals surface area contributed by atoms with E-state index in [2.05, 4.69) is 9.97 Å². The lowest BCUT2D eigenvalue weighted by Gasteiger charge is -2.02. The number of nitro benzene ring substituents is 1. The van der Waals surface area contributed by atoms with Crippen molar-refractivity contribution in [2.24, 2.45) is 0 Å². The van der Waals surface area contributed by atoms with Gasteiger partial charge in [0.2, 0.25) is 0 Å². The first-order valence-corrected chi connectivity index (χ1v) is 4.69. The summed E-state index contributed by atoms with van der Waals surface area (Å²) >= 11 is 0. The van der Waals surface area contributed by atoms with Gasteiger partial charge in [0.1, 0.15) is 6.33 Å². The lowest BCUT2D eigenvalue weighted by atomic mass is 10.1. The summed E-state index contributed by atoms with van der Waals surface area (Å²) in [4.78, 5) is 18.1. The number of aryl methyl sites for hydroxylation is 1. The van der Waals surface area contributed by atoms with Gasteiger partial charge < -0.3 is 0 Å². The maximum atomic E-state index is 10.8. The molecule has 0 atom stereocenters. The zero-order valence-electron chi connectivity index (χ0n) is 8.62. The van der Waals surface area contributed by atoms with Crippen LogP contribution in [0, 0.1) is 17.0 Å². The van der Waals surface area contributed by atoms with E-state index in [0.29, 0.717) is 5.56 Å². The molecule has 2 aromatic rings. The number of nitrogens with zero attached hydrogens (tertiary/aromatic N) is 3. The Morgan fingerprint density at radius 2 is 1.88 bits per heavy atom. The summed E-state index contributed by atoms with van der Waals surface area (Å²) in [6.07, 6.45) is 4.68. The van der Waals surface area contributed by atoms with Crippen LogP contribution in [0.5, 0.6) is 0 Å². The largest absolute Gasteiger partial charge is 0.272 e. The predicted molar refractivity (Wildman–Crippen MR) is 58.9 cm³/mol. The molecule has 0 aliphatic heterocycles. The average Bonchev–Trinajstić information content (AvgIpc) is 2.30. The Bertz CT molecular complexity index is 526. The maximum Gasteiger partial charge on any atom is 0.272 e. The summed E-state index contributed by atoms with van der Waals surface area (Å²) in [6, 6.07) is 5.08. The number of hydrogen-bond donors (Lipinski definition) is 0. The van der Waals surface area contributed by atoms with Gasteiger partial charge in [0, 0.05) is 29.6 Å². The fourth-order valence-corrected chi connectivity index (χ4v) is 1.43. The smallest absolute Gasteiger partial charge is 0.258 e. The molecular formula is C11H9N3O2. The van der Waals surface area contributed by atoms with Gasteiger partial charge in [-0.2, -0.15) is 0 Å². The average molecular weight is 215 g/mol. The van der Waals surface area contributed by atoms with Gasteiger partial charge in [-0.3, -0.25) is 10.1 Å². The van der Waals surface area contributed by atoms with Gasteiger partial charge in [-0.15, -0.1) is 0 Å². The van der Waals surface area contributed by atoms with E-state index in [0.717, 1.165) is 11.1 Å². The molecule has 80 valence electrons.